The summed E-state index contributed by atoms with van der Waals surface area (Å²) in [7, 11) is 0. The summed E-state index contributed by atoms with van der Waals surface area (Å²) in [6.07, 6.45) is -1.01. The highest BCUT2D eigenvalue weighted by Gasteiger charge is 2.31. The number of carboxylic acids is 2. The Kier molecular flexibility index (Phi) is 11.7. The van der Waals surface area contributed by atoms with Crippen molar-refractivity contribution >= 4 is 46.7 Å². The summed E-state index contributed by atoms with van der Waals surface area (Å²) in [6, 6.07) is 7.06. The lowest BCUT2D eigenvalue weighted by atomic mass is 10.1. The molecular weight excluding hydrogens is 604 g/mol. The van der Waals surface area contributed by atoms with Gasteiger partial charge < -0.3 is 39.7 Å². The summed E-state index contributed by atoms with van der Waals surface area (Å²) in [5.41, 5.74) is 0.312. The molecule has 1 aromatic heterocycles. The van der Waals surface area contributed by atoms with E-state index >= 15 is 0 Å². The van der Waals surface area contributed by atoms with Crippen LogP contribution in [-0.2, 0) is 23.9 Å². The Bertz CT molecular complexity index is 1450. The number of fused-ring (bicyclic) bond motifs is 1. The Morgan fingerprint density at radius 1 is 0.891 bits per heavy atom. The fraction of sp³-hybridized carbons (Fsp3) is 0.500. The van der Waals surface area contributed by atoms with Crippen LogP contribution in [0, 0.1) is 0 Å². The molecule has 4 amide bonds. The lowest BCUT2D eigenvalue weighted by molar-refractivity contribution is -0.140. The molecular formula is C30H38N6O10. The lowest BCUT2D eigenvalue weighted by Gasteiger charge is -2.35. The summed E-state index contributed by atoms with van der Waals surface area (Å²) in [6.45, 7) is 3.87. The van der Waals surface area contributed by atoms with Crippen LogP contribution in [0.1, 0.15) is 30.3 Å². The second kappa shape index (κ2) is 15.8. The maximum Gasteiger partial charge on any atom is 0.409 e. The predicted octanol–water partition coefficient (Wildman–Crippen LogP) is 0.106. The first-order chi connectivity index (χ1) is 22.0. The number of aliphatic carboxylic acids is 2. The summed E-state index contributed by atoms with van der Waals surface area (Å²) in [5.74, 6) is -3.36. The van der Waals surface area contributed by atoms with E-state index in [0.717, 1.165) is 0 Å². The molecule has 2 saturated heterocycles. The van der Waals surface area contributed by atoms with E-state index in [2.05, 4.69) is 10.3 Å². The SMILES string of the molecule is CCOC(=O)N1CCN(C(=O)[C@H](CCC(=O)O)NC(=O)c2cc(OCC(=O)N3CCN(CC(=O)O)CC3)c3ccccc3n2)CC1. The third kappa shape index (κ3) is 9.03. The van der Waals surface area contributed by atoms with E-state index in [-0.39, 0.29) is 76.1 Å². The van der Waals surface area contributed by atoms with Crippen LogP contribution in [-0.4, -0.2) is 149 Å². The predicted molar refractivity (Wildman–Crippen MR) is 161 cm³/mol. The third-order valence-electron chi connectivity index (χ3n) is 7.71. The molecule has 16 heteroatoms. The van der Waals surface area contributed by atoms with E-state index in [1.165, 1.54) is 15.9 Å². The number of piperazine rings is 2. The van der Waals surface area contributed by atoms with Crippen molar-refractivity contribution in [2.45, 2.75) is 25.8 Å². The van der Waals surface area contributed by atoms with Gasteiger partial charge in [-0.15, -0.1) is 0 Å². The van der Waals surface area contributed by atoms with Crippen LogP contribution in [0.2, 0.25) is 0 Å². The van der Waals surface area contributed by atoms with Crippen molar-refractivity contribution in [3.8, 4) is 5.75 Å². The lowest BCUT2D eigenvalue weighted by Crippen LogP contribution is -2.56. The van der Waals surface area contributed by atoms with Crippen LogP contribution < -0.4 is 10.1 Å². The minimum Gasteiger partial charge on any atom is -0.483 e. The molecule has 46 heavy (non-hydrogen) atoms. The van der Waals surface area contributed by atoms with Crippen molar-refractivity contribution in [1.29, 1.82) is 0 Å². The van der Waals surface area contributed by atoms with Gasteiger partial charge in [-0.05, 0) is 25.5 Å². The number of nitrogens with zero attached hydrogens (tertiary/aromatic N) is 5. The van der Waals surface area contributed by atoms with Crippen molar-refractivity contribution in [3.63, 3.8) is 0 Å². The van der Waals surface area contributed by atoms with Crippen LogP contribution in [0.25, 0.3) is 10.9 Å². The van der Waals surface area contributed by atoms with Gasteiger partial charge in [-0.25, -0.2) is 9.78 Å². The highest BCUT2D eigenvalue weighted by atomic mass is 16.6. The molecule has 0 radical (unpaired) electrons. The second-order valence-corrected chi connectivity index (χ2v) is 10.8. The molecule has 1 atom stereocenters. The number of para-hydroxylation sites is 1. The van der Waals surface area contributed by atoms with E-state index in [1.807, 2.05) is 0 Å². The van der Waals surface area contributed by atoms with Gasteiger partial charge in [0.25, 0.3) is 11.8 Å². The van der Waals surface area contributed by atoms with Gasteiger partial charge in [0, 0.05) is 70.2 Å². The molecule has 2 aliphatic heterocycles. The number of rotatable bonds is 12. The maximum atomic E-state index is 13.5. The van der Waals surface area contributed by atoms with Gasteiger partial charge in [0.2, 0.25) is 5.91 Å². The van der Waals surface area contributed by atoms with E-state index in [0.29, 0.717) is 37.1 Å². The Morgan fingerprint density at radius 2 is 1.54 bits per heavy atom. The first-order valence-corrected chi connectivity index (χ1v) is 15.0. The summed E-state index contributed by atoms with van der Waals surface area (Å²) in [5, 5.41) is 21.4. The standard InChI is InChI=1S/C30H38N6O10/c1-2-45-30(44)36-15-13-35(14-16-36)29(43)22(7-8-26(38)39)32-28(42)23-17-24(20-5-3-4-6-21(20)31-23)46-19-25(37)34-11-9-33(10-12-34)18-27(40)41/h3-6,17,22H,2,7-16,18-19H2,1H3,(H,32,42)(H,38,39)(H,40,41)/t22-/m0/s1. The Balaban J connectivity index is 1.44. The molecule has 4 rings (SSSR count). The summed E-state index contributed by atoms with van der Waals surface area (Å²) < 4.78 is 10.9. The Morgan fingerprint density at radius 3 is 2.20 bits per heavy atom. The van der Waals surface area contributed by atoms with Gasteiger partial charge in [0.05, 0.1) is 18.7 Å². The van der Waals surface area contributed by atoms with Crippen molar-refractivity contribution in [3.05, 3.63) is 36.0 Å². The molecule has 0 aliphatic carbocycles. The number of ether oxygens (including phenoxy) is 2. The molecule has 0 spiro atoms. The van der Waals surface area contributed by atoms with Gasteiger partial charge in [-0.1, -0.05) is 12.1 Å². The van der Waals surface area contributed by atoms with Crippen molar-refractivity contribution < 1.29 is 48.5 Å². The van der Waals surface area contributed by atoms with Crippen molar-refractivity contribution in [2.24, 2.45) is 0 Å². The highest BCUT2D eigenvalue weighted by Crippen LogP contribution is 2.26. The molecule has 3 N–H and O–H groups in total. The average Bonchev–Trinajstić information content (AvgIpc) is 3.05. The van der Waals surface area contributed by atoms with E-state index in [4.69, 9.17) is 14.6 Å². The summed E-state index contributed by atoms with van der Waals surface area (Å²) >= 11 is 0. The maximum absolute atomic E-state index is 13.5. The third-order valence-corrected chi connectivity index (χ3v) is 7.71. The van der Waals surface area contributed by atoms with Crippen LogP contribution >= 0.6 is 0 Å². The van der Waals surface area contributed by atoms with E-state index in [9.17, 15) is 33.9 Å². The van der Waals surface area contributed by atoms with Crippen LogP contribution in [0.3, 0.4) is 0 Å². The zero-order valence-corrected chi connectivity index (χ0v) is 25.6. The number of hydrogen-bond acceptors (Lipinski definition) is 10. The molecule has 16 nitrogen and oxygen atoms in total. The van der Waals surface area contributed by atoms with Crippen LogP contribution in [0.4, 0.5) is 4.79 Å². The quantitative estimate of drug-likeness (QED) is 0.283. The number of amides is 4. The largest absolute Gasteiger partial charge is 0.483 e. The molecule has 248 valence electrons. The number of carboxylic acid groups (broad SMARTS) is 2. The first kappa shape index (κ1) is 33.9. The normalized spacial score (nSPS) is 16.1. The molecule has 1 aromatic carbocycles. The van der Waals surface area contributed by atoms with Crippen molar-refractivity contribution in [2.75, 3.05) is 72.1 Å². The number of benzene rings is 1. The number of pyridine rings is 1. The van der Waals surface area contributed by atoms with E-state index in [1.54, 1.807) is 41.0 Å². The first-order valence-electron chi connectivity index (χ1n) is 15.0. The molecule has 2 aromatic rings. The smallest absolute Gasteiger partial charge is 0.409 e. The Labute approximate surface area is 264 Å². The monoisotopic (exact) mass is 642 g/mol. The number of aromatic nitrogens is 1. The molecule has 2 aliphatic rings. The molecule has 0 saturated carbocycles. The van der Waals surface area contributed by atoms with Gasteiger partial charge in [0.15, 0.2) is 6.61 Å². The topological polar surface area (TPSA) is 199 Å². The molecule has 0 unspecified atom stereocenters. The minimum atomic E-state index is -1.17. The van der Waals surface area contributed by atoms with Gasteiger partial charge in [-0.3, -0.25) is 28.9 Å². The zero-order chi connectivity index (χ0) is 33.2. The average molecular weight is 643 g/mol. The molecule has 2 fully saturated rings. The molecule has 0 bridgehead atoms. The fourth-order valence-electron chi connectivity index (χ4n) is 5.26. The van der Waals surface area contributed by atoms with Crippen molar-refractivity contribution in [1.82, 2.24) is 29.9 Å². The molecule has 3 heterocycles. The van der Waals surface area contributed by atoms with Gasteiger partial charge in [0.1, 0.15) is 17.5 Å². The zero-order valence-electron chi connectivity index (χ0n) is 25.6. The number of carbonyl (C=O) groups excluding carboxylic acids is 4. The second-order valence-electron chi connectivity index (χ2n) is 10.8. The number of hydrogen-bond donors (Lipinski definition) is 3. The summed E-state index contributed by atoms with van der Waals surface area (Å²) in [4.78, 5) is 84.8. The van der Waals surface area contributed by atoms with Crippen LogP contribution in [0.5, 0.6) is 5.75 Å². The van der Waals surface area contributed by atoms with Gasteiger partial charge >= 0.3 is 18.0 Å². The van der Waals surface area contributed by atoms with Crippen LogP contribution in [0.15, 0.2) is 30.3 Å². The number of carbonyl (C=O) groups is 6. The number of nitrogens with one attached hydrogen (secondary N) is 1. The van der Waals surface area contributed by atoms with Gasteiger partial charge in [-0.2, -0.15) is 0 Å². The fourth-order valence-corrected chi connectivity index (χ4v) is 5.26. The minimum absolute atomic E-state index is 0.0938. The van der Waals surface area contributed by atoms with E-state index < -0.39 is 35.9 Å². The highest BCUT2D eigenvalue weighted by molar-refractivity contribution is 5.99. The Hall–Kier alpha value is -4.99.